The lowest BCUT2D eigenvalue weighted by atomic mass is 9.86. The summed E-state index contributed by atoms with van der Waals surface area (Å²) in [5.74, 6) is -0.134. The number of non-ortho nitro benzene ring substituents is 1. The van der Waals surface area contributed by atoms with Crippen molar-refractivity contribution in [3.63, 3.8) is 0 Å². The molecule has 0 spiro atoms. The molecule has 108 valence electrons. The summed E-state index contributed by atoms with van der Waals surface area (Å²) in [4.78, 5) is 22.4. The zero-order chi connectivity index (χ0) is 15.6. The second-order valence-electron chi connectivity index (χ2n) is 5.96. The summed E-state index contributed by atoms with van der Waals surface area (Å²) in [7, 11) is 0. The highest BCUT2D eigenvalue weighted by molar-refractivity contribution is 6.09. The van der Waals surface area contributed by atoms with Crippen LogP contribution < -0.4 is 0 Å². The number of benzene rings is 2. The molecule has 21 heavy (non-hydrogen) atoms. The molecule has 0 aliphatic carbocycles. The van der Waals surface area contributed by atoms with E-state index in [1.54, 1.807) is 12.1 Å². The topological polar surface area (TPSA) is 60.2 Å². The monoisotopic (exact) mass is 283 g/mol. The molecule has 2 aromatic carbocycles. The molecule has 0 N–H and O–H groups in total. The quantitative estimate of drug-likeness (QED) is 0.483. The van der Waals surface area contributed by atoms with Gasteiger partial charge in [-0.25, -0.2) is 0 Å². The van der Waals surface area contributed by atoms with Gasteiger partial charge in [-0.1, -0.05) is 45.0 Å². The first-order valence-corrected chi connectivity index (χ1v) is 6.69. The molecule has 2 aromatic rings. The van der Waals surface area contributed by atoms with E-state index < -0.39 is 4.92 Å². The summed E-state index contributed by atoms with van der Waals surface area (Å²) in [5, 5.41) is 10.6. The van der Waals surface area contributed by atoms with Crippen molar-refractivity contribution in [1.29, 1.82) is 0 Å². The van der Waals surface area contributed by atoms with E-state index in [9.17, 15) is 14.9 Å². The Morgan fingerprint density at radius 3 is 1.71 bits per heavy atom. The first kappa shape index (κ1) is 14.9. The largest absolute Gasteiger partial charge is 0.289 e. The first-order chi connectivity index (χ1) is 9.79. The van der Waals surface area contributed by atoms with Crippen LogP contribution in [0.3, 0.4) is 0 Å². The minimum absolute atomic E-state index is 0.0189. The number of nitro benzene ring substituents is 1. The van der Waals surface area contributed by atoms with Gasteiger partial charge in [-0.05, 0) is 23.1 Å². The minimum atomic E-state index is -0.480. The molecule has 0 aliphatic heterocycles. The summed E-state index contributed by atoms with van der Waals surface area (Å²) in [6, 6.07) is 13.1. The number of hydrogen-bond donors (Lipinski definition) is 0. The average molecular weight is 283 g/mol. The standard InChI is InChI=1S/C17H17NO3/c1-17(2,3)14-8-4-12(5-9-14)16(19)13-6-10-15(11-7-13)18(20)21/h4-11H,1-3H3. The SMILES string of the molecule is CC(C)(C)c1ccc(C(=O)c2ccc([N+](=O)[O-])cc2)cc1. The number of hydrogen-bond acceptors (Lipinski definition) is 3. The lowest BCUT2D eigenvalue weighted by molar-refractivity contribution is -0.384. The van der Waals surface area contributed by atoms with Gasteiger partial charge >= 0.3 is 0 Å². The highest BCUT2D eigenvalue weighted by Gasteiger charge is 2.15. The van der Waals surface area contributed by atoms with Crippen LogP contribution in [0.4, 0.5) is 5.69 Å². The van der Waals surface area contributed by atoms with Crippen molar-refractivity contribution in [2.45, 2.75) is 26.2 Å². The van der Waals surface area contributed by atoms with Gasteiger partial charge in [-0.3, -0.25) is 14.9 Å². The molecule has 0 heterocycles. The molecule has 0 saturated carbocycles. The van der Waals surface area contributed by atoms with Gasteiger partial charge in [0.1, 0.15) is 0 Å². The maximum Gasteiger partial charge on any atom is 0.269 e. The molecule has 0 radical (unpaired) electrons. The number of nitro groups is 1. The Labute approximate surface area is 123 Å². The van der Waals surface area contributed by atoms with Crippen molar-refractivity contribution in [1.82, 2.24) is 0 Å². The van der Waals surface area contributed by atoms with Crippen LogP contribution in [0.5, 0.6) is 0 Å². The maximum absolute atomic E-state index is 12.3. The molecule has 0 atom stereocenters. The smallest absolute Gasteiger partial charge is 0.269 e. The zero-order valence-corrected chi connectivity index (χ0v) is 12.3. The second-order valence-corrected chi connectivity index (χ2v) is 5.96. The molecule has 0 aromatic heterocycles. The van der Waals surface area contributed by atoms with Crippen LogP contribution in [0.25, 0.3) is 0 Å². The molecular formula is C17H17NO3. The fourth-order valence-corrected chi connectivity index (χ4v) is 2.02. The van der Waals surface area contributed by atoms with Crippen molar-refractivity contribution in [3.8, 4) is 0 Å². The third kappa shape index (κ3) is 3.34. The predicted octanol–water partition coefficient (Wildman–Crippen LogP) is 4.12. The van der Waals surface area contributed by atoms with Crippen LogP contribution in [0.1, 0.15) is 42.3 Å². The molecule has 2 rings (SSSR count). The molecule has 0 fully saturated rings. The summed E-state index contributed by atoms with van der Waals surface area (Å²) in [5.41, 5.74) is 2.20. The van der Waals surface area contributed by atoms with Crippen molar-refractivity contribution in [2.24, 2.45) is 0 Å². The number of carbonyl (C=O) groups excluding carboxylic acids is 1. The van der Waals surface area contributed by atoms with Crippen LogP contribution in [-0.4, -0.2) is 10.7 Å². The van der Waals surface area contributed by atoms with Crippen molar-refractivity contribution >= 4 is 11.5 Å². The Morgan fingerprint density at radius 1 is 0.905 bits per heavy atom. The molecular weight excluding hydrogens is 266 g/mol. The van der Waals surface area contributed by atoms with Crippen LogP contribution >= 0.6 is 0 Å². The van der Waals surface area contributed by atoms with Gasteiger partial charge in [0.05, 0.1) is 4.92 Å². The number of ketones is 1. The normalized spacial score (nSPS) is 11.2. The zero-order valence-electron chi connectivity index (χ0n) is 12.3. The lowest BCUT2D eigenvalue weighted by Gasteiger charge is -2.18. The van der Waals surface area contributed by atoms with Crippen LogP contribution in [0.2, 0.25) is 0 Å². The van der Waals surface area contributed by atoms with Crippen LogP contribution in [0, 0.1) is 10.1 Å². The van der Waals surface area contributed by atoms with E-state index in [1.165, 1.54) is 24.3 Å². The van der Waals surface area contributed by atoms with Gasteiger partial charge in [0.15, 0.2) is 5.78 Å². The van der Waals surface area contributed by atoms with E-state index in [2.05, 4.69) is 20.8 Å². The summed E-state index contributed by atoms with van der Waals surface area (Å²) < 4.78 is 0. The Bertz CT molecular complexity index is 665. The van der Waals surface area contributed by atoms with Crippen molar-refractivity contribution in [3.05, 3.63) is 75.3 Å². The number of carbonyl (C=O) groups is 1. The average Bonchev–Trinajstić information content (AvgIpc) is 2.46. The van der Waals surface area contributed by atoms with E-state index in [1.807, 2.05) is 12.1 Å². The van der Waals surface area contributed by atoms with Crippen molar-refractivity contribution < 1.29 is 9.72 Å². The maximum atomic E-state index is 12.3. The Balaban J connectivity index is 2.25. The fourth-order valence-electron chi connectivity index (χ4n) is 2.02. The third-order valence-corrected chi connectivity index (χ3v) is 3.35. The molecule has 0 aliphatic rings. The Morgan fingerprint density at radius 2 is 1.33 bits per heavy atom. The van der Waals surface area contributed by atoms with E-state index in [0.29, 0.717) is 11.1 Å². The van der Waals surface area contributed by atoms with Gasteiger partial charge in [0, 0.05) is 23.3 Å². The summed E-state index contributed by atoms with van der Waals surface area (Å²) in [6.45, 7) is 6.33. The predicted molar refractivity (Wildman–Crippen MR) is 81.7 cm³/mol. The second kappa shape index (κ2) is 5.48. The van der Waals surface area contributed by atoms with E-state index in [-0.39, 0.29) is 16.9 Å². The summed E-state index contributed by atoms with van der Waals surface area (Å²) >= 11 is 0. The van der Waals surface area contributed by atoms with E-state index >= 15 is 0 Å². The molecule has 0 unspecified atom stereocenters. The molecule has 4 heteroatoms. The van der Waals surface area contributed by atoms with E-state index in [0.717, 1.165) is 5.56 Å². The Hall–Kier alpha value is -2.49. The van der Waals surface area contributed by atoms with Crippen molar-refractivity contribution in [2.75, 3.05) is 0 Å². The summed E-state index contributed by atoms with van der Waals surface area (Å²) in [6.07, 6.45) is 0. The van der Waals surface area contributed by atoms with Crippen LogP contribution in [0.15, 0.2) is 48.5 Å². The fraction of sp³-hybridized carbons (Fsp3) is 0.235. The lowest BCUT2D eigenvalue weighted by Crippen LogP contribution is -2.11. The van der Waals surface area contributed by atoms with Gasteiger partial charge in [-0.15, -0.1) is 0 Å². The minimum Gasteiger partial charge on any atom is -0.289 e. The van der Waals surface area contributed by atoms with Gasteiger partial charge in [0.25, 0.3) is 5.69 Å². The Kier molecular flexibility index (Phi) is 3.89. The van der Waals surface area contributed by atoms with Gasteiger partial charge < -0.3 is 0 Å². The number of rotatable bonds is 3. The molecule has 0 saturated heterocycles. The molecule has 0 amide bonds. The number of nitrogens with zero attached hydrogens (tertiary/aromatic N) is 1. The third-order valence-electron chi connectivity index (χ3n) is 3.35. The highest BCUT2D eigenvalue weighted by Crippen LogP contribution is 2.23. The highest BCUT2D eigenvalue weighted by atomic mass is 16.6. The molecule has 0 bridgehead atoms. The van der Waals surface area contributed by atoms with Gasteiger partial charge in [-0.2, -0.15) is 0 Å². The van der Waals surface area contributed by atoms with Gasteiger partial charge in [0.2, 0.25) is 0 Å². The van der Waals surface area contributed by atoms with E-state index in [4.69, 9.17) is 0 Å². The van der Waals surface area contributed by atoms with Crippen LogP contribution in [-0.2, 0) is 5.41 Å². The first-order valence-electron chi connectivity index (χ1n) is 6.69. The molecule has 4 nitrogen and oxygen atoms in total.